The van der Waals surface area contributed by atoms with Gasteiger partial charge in [0, 0.05) is 17.2 Å². The topological polar surface area (TPSA) is 27.7 Å². The third-order valence-corrected chi connectivity index (χ3v) is 3.88. The molecule has 0 radical (unpaired) electrons. The molecule has 0 aromatic heterocycles. The van der Waals surface area contributed by atoms with Crippen molar-refractivity contribution in [3.8, 4) is 17.2 Å². The molecule has 0 saturated carbocycles. The van der Waals surface area contributed by atoms with Crippen molar-refractivity contribution in [2.45, 2.75) is 12.0 Å². The lowest BCUT2D eigenvalue weighted by Gasteiger charge is -2.27. The summed E-state index contributed by atoms with van der Waals surface area (Å²) >= 11 is 0. The Hall–Kier alpha value is -2.16. The first-order valence-electron chi connectivity index (χ1n) is 6.43. The molecule has 4 rings (SSSR count). The van der Waals surface area contributed by atoms with Crippen LogP contribution in [0.4, 0.5) is 0 Å². The van der Waals surface area contributed by atoms with Crippen LogP contribution in [-0.2, 0) is 0 Å². The van der Waals surface area contributed by atoms with Crippen LogP contribution in [0.15, 0.2) is 42.5 Å². The first kappa shape index (κ1) is 10.7. The summed E-state index contributed by atoms with van der Waals surface area (Å²) in [6.07, 6.45) is 0.0621. The van der Waals surface area contributed by atoms with Gasteiger partial charge in [-0.1, -0.05) is 24.3 Å². The number of fused-ring (bicyclic) bond motifs is 5. The minimum Gasteiger partial charge on any atom is -0.497 e. The number of para-hydroxylation sites is 1. The van der Waals surface area contributed by atoms with Crippen molar-refractivity contribution in [2.75, 3.05) is 13.7 Å². The van der Waals surface area contributed by atoms with Crippen LogP contribution in [0.3, 0.4) is 0 Å². The fourth-order valence-electron chi connectivity index (χ4n) is 2.92. The van der Waals surface area contributed by atoms with Crippen LogP contribution in [0.1, 0.15) is 23.1 Å². The number of ether oxygens (including phenoxy) is 3. The average Bonchev–Trinajstić information content (AvgIpc) is 2.85. The van der Waals surface area contributed by atoms with Gasteiger partial charge in [-0.2, -0.15) is 0 Å². The normalized spacial score (nSPS) is 22.6. The SMILES string of the molecule is COc1ccc2c(c1)O[C@@H]1c3ccccc3OC[C@H]21. The molecule has 0 saturated heterocycles. The van der Waals surface area contributed by atoms with Crippen LogP contribution < -0.4 is 14.2 Å². The van der Waals surface area contributed by atoms with Gasteiger partial charge in [-0.25, -0.2) is 0 Å². The second-order valence-corrected chi connectivity index (χ2v) is 4.90. The molecule has 2 aliphatic heterocycles. The van der Waals surface area contributed by atoms with Crippen LogP contribution in [0.2, 0.25) is 0 Å². The third-order valence-electron chi connectivity index (χ3n) is 3.88. The molecule has 96 valence electrons. The Balaban J connectivity index is 1.79. The smallest absolute Gasteiger partial charge is 0.138 e. The van der Waals surface area contributed by atoms with Gasteiger partial charge in [0.15, 0.2) is 0 Å². The molecule has 0 N–H and O–H groups in total. The zero-order valence-electron chi connectivity index (χ0n) is 10.6. The second-order valence-electron chi connectivity index (χ2n) is 4.90. The van der Waals surface area contributed by atoms with E-state index in [1.54, 1.807) is 7.11 Å². The van der Waals surface area contributed by atoms with E-state index in [-0.39, 0.29) is 12.0 Å². The molecule has 2 heterocycles. The summed E-state index contributed by atoms with van der Waals surface area (Å²) < 4.78 is 17.2. The Morgan fingerprint density at radius 3 is 2.84 bits per heavy atom. The molecular formula is C16H14O3. The zero-order chi connectivity index (χ0) is 12.8. The lowest BCUT2D eigenvalue weighted by molar-refractivity contribution is 0.139. The van der Waals surface area contributed by atoms with E-state index in [1.807, 2.05) is 30.3 Å². The van der Waals surface area contributed by atoms with Crippen molar-refractivity contribution in [3.05, 3.63) is 53.6 Å². The number of hydrogen-bond donors (Lipinski definition) is 0. The zero-order valence-corrected chi connectivity index (χ0v) is 10.6. The standard InChI is InChI=1S/C16H14O3/c1-17-10-6-7-11-13-9-18-14-5-3-2-4-12(14)16(13)19-15(11)8-10/h2-8,13,16H,9H2,1H3/t13-,16-/m1/s1. The van der Waals surface area contributed by atoms with Crippen LogP contribution in [0.5, 0.6) is 17.2 Å². The Kier molecular flexibility index (Phi) is 2.21. The highest BCUT2D eigenvalue weighted by atomic mass is 16.5. The molecule has 0 aliphatic carbocycles. The van der Waals surface area contributed by atoms with Gasteiger partial charge in [0.05, 0.1) is 19.6 Å². The van der Waals surface area contributed by atoms with Gasteiger partial charge >= 0.3 is 0 Å². The second kappa shape index (κ2) is 3.92. The van der Waals surface area contributed by atoms with Crippen LogP contribution >= 0.6 is 0 Å². The highest BCUT2D eigenvalue weighted by Crippen LogP contribution is 2.51. The van der Waals surface area contributed by atoms with Gasteiger partial charge in [0.2, 0.25) is 0 Å². The maximum atomic E-state index is 6.12. The summed E-state index contributed by atoms with van der Waals surface area (Å²) in [4.78, 5) is 0. The van der Waals surface area contributed by atoms with Gasteiger partial charge in [-0.15, -0.1) is 0 Å². The molecule has 2 aliphatic rings. The molecule has 2 atom stereocenters. The van der Waals surface area contributed by atoms with E-state index < -0.39 is 0 Å². The summed E-state index contributed by atoms with van der Waals surface area (Å²) in [7, 11) is 1.67. The quantitative estimate of drug-likeness (QED) is 0.781. The summed E-state index contributed by atoms with van der Waals surface area (Å²) in [5.74, 6) is 2.94. The fourth-order valence-corrected chi connectivity index (χ4v) is 2.92. The first-order valence-corrected chi connectivity index (χ1v) is 6.43. The molecule has 0 bridgehead atoms. The average molecular weight is 254 g/mol. The largest absolute Gasteiger partial charge is 0.497 e. The summed E-state index contributed by atoms with van der Waals surface area (Å²) in [5.41, 5.74) is 2.34. The number of rotatable bonds is 1. The number of methoxy groups -OCH3 is 1. The Morgan fingerprint density at radius 2 is 1.95 bits per heavy atom. The van der Waals surface area contributed by atoms with E-state index in [9.17, 15) is 0 Å². The molecule has 3 heteroatoms. The third kappa shape index (κ3) is 1.51. The van der Waals surface area contributed by atoms with Crippen molar-refractivity contribution in [3.63, 3.8) is 0 Å². The first-order chi connectivity index (χ1) is 9.36. The van der Waals surface area contributed by atoms with E-state index in [1.165, 1.54) is 5.56 Å². The summed E-state index contributed by atoms with van der Waals surface area (Å²) in [6.45, 7) is 0.668. The van der Waals surface area contributed by atoms with Gasteiger partial charge in [0.25, 0.3) is 0 Å². The Labute approximate surface area is 111 Å². The van der Waals surface area contributed by atoms with Crippen molar-refractivity contribution in [1.82, 2.24) is 0 Å². The van der Waals surface area contributed by atoms with Gasteiger partial charge < -0.3 is 14.2 Å². The lowest BCUT2D eigenvalue weighted by atomic mass is 9.89. The predicted octanol–water partition coefficient (Wildman–Crippen LogP) is 3.30. The molecule has 3 nitrogen and oxygen atoms in total. The minimum absolute atomic E-state index is 0.0621. The highest BCUT2D eigenvalue weighted by molar-refractivity contribution is 5.51. The van der Waals surface area contributed by atoms with Crippen LogP contribution in [0, 0.1) is 0 Å². The van der Waals surface area contributed by atoms with Crippen LogP contribution in [-0.4, -0.2) is 13.7 Å². The van der Waals surface area contributed by atoms with Crippen molar-refractivity contribution < 1.29 is 14.2 Å². The van der Waals surface area contributed by atoms with Gasteiger partial charge in [0.1, 0.15) is 23.4 Å². The van der Waals surface area contributed by atoms with E-state index in [2.05, 4.69) is 12.1 Å². The summed E-state index contributed by atoms with van der Waals surface area (Å²) in [5, 5.41) is 0. The lowest BCUT2D eigenvalue weighted by Crippen LogP contribution is -2.22. The number of benzene rings is 2. The fraction of sp³-hybridized carbons (Fsp3) is 0.250. The highest BCUT2D eigenvalue weighted by Gasteiger charge is 2.40. The molecule has 0 amide bonds. The van der Waals surface area contributed by atoms with E-state index in [0.29, 0.717) is 6.61 Å². The van der Waals surface area contributed by atoms with Gasteiger partial charge in [-0.05, 0) is 12.1 Å². The molecule has 2 aromatic rings. The van der Waals surface area contributed by atoms with E-state index >= 15 is 0 Å². The van der Waals surface area contributed by atoms with Gasteiger partial charge in [-0.3, -0.25) is 0 Å². The van der Waals surface area contributed by atoms with Crippen molar-refractivity contribution in [2.24, 2.45) is 0 Å². The molecule has 19 heavy (non-hydrogen) atoms. The molecular weight excluding hydrogens is 240 g/mol. The van der Waals surface area contributed by atoms with Crippen molar-refractivity contribution in [1.29, 1.82) is 0 Å². The Morgan fingerprint density at radius 1 is 1.05 bits per heavy atom. The molecule has 2 aromatic carbocycles. The maximum absolute atomic E-state index is 6.12. The number of hydrogen-bond acceptors (Lipinski definition) is 3. The van der Waals surface area contributed by atoms with Crippen molar-refractivity contribution >= 4 is 0 Å². The minimum atomic E-state index is 0.0621. The molecule has 0 fully saturated rings. The summed E-state index contributed by atoms with van der Waals surface area (Å²) in [6, 6.07) is 14.1. The predicted molar refractivity (Wildman–Crippen MR) is 71.0 cm³/mol. The van der Waals surface area contributed by atoms with Crippen LogP contribution in [0.25, 0.3) is 0 Å². The Bertz CT molecular complexity index is 636. The monoisotopic (exact) mass is 254 g/mol. The maximum Gasteiger partial charge on any atom is 0.138 e. The molecule has 0 spiro atoms. The van der Waals surface area contributed by atoms with E-state index in [4.69, 9.17) is 14.2 Å². The molecule has 0 unspecified atom stereocenters. The van der Waals surface area contributed by atoms with E-state index in [0.717, 1.165) is 22.8 Å².